The molecule has 3 unspecified atom stereocenters. The summed E-state index contributed by atoms with van der Waals surface area (Å²) in [6, 6.07) is 11.0. The zero-order chi connectivity index (χ0) is 17.1. The molecule has 5 nitrogen and oxygen atoms in total. The largest absolute Gasteiger partial charge is 0.391 e. The summed E-state index contributed by atoms with van der Waals surface area (Å²) in [5, 5.41) is 13.1. The highest BCUT2D eigenvalue weighted by Crippen LogP contribution is 2.32. The Morgan fingerprint density at radius 3 is 2.75 bits per heavy atom. The van der Waals surface area contributed by atoms with Crippen molar-refractivity contribution in [3.8, 4) is 0 Å². The second kappa shape index (κ2) is 7.53. The summed E-state index contributed by atoms with van der Waals surface area (Å²) >= 11 is 0. The van der Waals surface area contributed by atoms with Gasteiger partial charge in [-0.25, -0.2) is 4.79 Å². The van der Waals surface area contributed by atoms with E-state index >= 15 is 0 Å². The maximum absolute atomic E-state index is 12.3. The predicted molar refractivity (Wildman–Crippen MR) is 94.6 cm³/mol. The van der Waals surface area contributed by atoms with E-state index in [0.717, 1.165) is 32.4 Å². The van der Waals surface area contributed by atoms with E-state index in [-0.39, 0.29) is 18.2 Å². The fraction of sp³-hybridized carbons (Fsp3) is 0.632. The average molecular weight is 331 g/mol. The van der Waals surface area contributed by atoms with Crippen molar-refractivity contribution in [3.63, 3.8) is 0 Å². The lowest BCUT2D eigenvalue weighted by atomic mass is 10.2. The van der Waals surface area contributed by atoms with E-state index in [4.69, 9.17) is 0 Å². The van der Waals surface area contributed by atoms with Crippen LogP contribution in [0.5, 0.6) is 0 Å². The molecule has 1 aliphatic carbocycles. The van der Waals surface area contributed by atoms with E-state index < -0.39 is 0 Å². The molecule has 24 heavy (non-hydrogen) atoms. The zero-order valence-corrected chi connectivity index (χ0v) is 14.7. The maximum Gasteiger partial charge on any atom is 0.317 e. The van der Waals surface area contributed by atoms with Gasteiger partial charge in [-0.3, -0.25) is 4.90 Å². The fourth-order valence-corrected chi connectivity index (χ4v) is 3.52. The van der Waals surface area contributed by atoms with Crippen LogP contribution in [-0.2, 0) is 6.54 Å². The van der Waals surface area contributed by atoms with Gasteiger partial charge in [-0.2, -0.15) is 0 Å². The molecule has 1 saturated heterocycles. The van der Waals surface area contributed by atoms with Crippen molar-refractivity contribution < 1.29 is 9.90 Å². The second-order valence-corrected chi connectivity index (χ2v) is 7.43. The summed E-state index contributed by atoms with van der Waals surface area (Å²) in [4.78, 5) is 16.4. The highest BCUT2D eigenvalue weighted by molar-refractivity contribution is 5.74. The molecule has 2 N–H and O–H groups in total. The summed E-state index contributed by atoms with van der Waals surface area (Å²) in [7, 11) is 1.76. The number of rotatable bonds is 6. The maximum atomic E-state index is 12.3. The Morgan fingerprint density at radius 2 is 2.08 bits per heavy atom. The molecular weight excluding hydrogens is 302 g/mol. The second-order valence-electron chi connectivity index (χ2n) is 7.43. The van der Waals surface area contributed by atoms with Crippen molar-refractivity contribution in [2.45, 2.75) is 50.9 Å². The first kappa shape index (κ1) is 17.2. The molecule has 0 radical (unpaired) electrons. The number of amides is 2. The van der Waals surface area contributed by atoms with E-state index in [1.54, 1.807) is 11.9 Å². The van der Waals surface area contributed by atoms with Crippen molar-refractivity contribution in [2.24, 2.45) is 5.92 Å². The number of urea groups is 1. The Kier molecular flexibility index (Phi) is 5.41. The fourth-order valence-electron chi connectivity index (χ4n) is 3.52. The zero-order valence-electron chi connectivity index (χ0n) is 14.7. The van der Waals surface area contributed by atoms with Gasteiger partial charge < -0.3 is 15.3 Å². The number of likely N-dealkylation sites (tertiary alicyclic amines) is 1. The minimum atomic E-state index is -0.377. The number of carbonyl (C=O) groups excluding carboxylic acids is 1. The van der Waals surface area contributed by atoms with Gasteiger partial charge in [-0.1, -0.05) is 30.3 Å². The molecule has 0 bridgehead atoms. The summed E-state index contributed by atoms with van der Waals surface area (Å²) < 4.78 is 0. The third-order valence-corrected chi connectivity index (χ3v) is 5.23. The Bertz CT molecular complexity index is 547. The number of likely N-dealkylation sites (N-methyl/N-ethyl adjacent to an activating group) is 1. The van der Waals surface area contributed by atoms with Gasteiger partial charge in [0.05, 0.1) is 6.10 Å². The summed E-state index contributed by atoms with van der Waals surface area (Å²) in [5.74, 6) is 0.396. The van der Waals surface area contributed by atoms with E-state index in [0.29, 0.717) is 18.5 Å². The summed E-state index contributed by atoms with van der Waals surface area (Å²) in [6.07, 6.45) is 2.77. The Morgan fingerprint density at radius 1 is 1.38 bits per heavy atom. The molecule has 5 heteroatoms. The summed E-state index contributed by atoms with van der Waals surface area (Å²) in [5.41, 5.74) is 1.31. The number of aliphatic hydroxyl groups is 1. The van der Waals surface area contributed by atoms with Crippen LogP contribution in [-0.4, -0.2) is 59.3 Å². The van der Waals surface area contributed by atoms with Crippen LogP contribution in [0.4, 0.5) is 4.79 Å². The number of hydrogen-bond donors (Lipinski definition) is 2. The number of nitrogens with one attached hydrogen (secondary N) is 1. The molecule has 3 rings (SSSR count). The van der Waals surface area contributed by atoms with E-state index in [2.05, 4.69) is 41.4 Å². The van der Waals surface area contributed by atoms with E-state index in [9.17, 15) is 9.90 Å². The van der Waals surface area contributed by atoms with E-state index in [1.165, 1.54) is 5.56 Å². The Labute approximate surface area is 144 Å². The number of carbonyl (C=O) groups is 1. The third kappa shape index (κ3) is 4.48. The van der Waals surface area contributed by atoms with Crippen molar-refractivity contribution in [2.75, 3.05) is 20.1 Å². The minimum absolute atomic E-state index is 0.0755. The monoisotopic (exact) mass is 331 g/mol. The lowest BCUT2D eigenvalue weighted by Crippen LogP contribution is -2.46. The van der Waals surface area contributed by atoms with Crippen molar-refractivity contribution >= 4 is 6.03 Å². The highest BCUT2D eigenvalue weighted by atomic mass is 16.3. The Balaban J connectivity index is 1.46. The van der Waals surface area contributed by atoms with Gasteiger partial charge in [0.25, 0.3) is 0 Å². The van der Waals surface area contributed by atoms with Crippen LogP contribution >= 0.6 is 0 Å². The molecule has 1 aliphatic heterocycles. The van der Waals surface area contributed by atoms with Crippen LogP contribution in [0.1, 0.15) is 31.7 Å². The van der Waals surface area contributed by atoms with Gasteiger partial charge in [0.15, 0.2) is 0 Å². The van der Waals surface area contributed by atoms with E-state index in [1.807, 2.05) is 6.07 Å². The molecule has 2 amide bonds. The van der Waals surface area contributed by atoms with Gasteiger partial charge >= 0.3 is 6.03 Å². The number of hydrogen-bond acceptors (Lipinski definition) is 3. The predicted octanol–water partition coefficient (Wildman–Crippen LogP) is 2.06. The molecule has 2 aliphatic rings. The van der Waals surface area contributed by atoms with Gasteiger partial charge in [0.1, 0.15) is 0 Å². The molecule has 132 valence electrons. The molecule has 1 aromatic rings. The van der Waals surface area contributed by atoms with Crippen LogP contribution in [0.15, 0.2) is 30.3 Å². The first-order valence-corrected chi connectivity index (χ1v) is 9.00. The third-order valence-electron chi connectivity index (χ3n) is 5.23. The number of aliphatic hydroxyl groups excluding tert-OH is 1. The molecule has 2 fully saturated rings. The van der Waals surface area contributed by atoms with Crippen LogP contribution < -0.4 is 5.32 Å². The first-order valence-electron chi connectivity index (χ1n) is 9.00. The molecular formula is C19H29N3O2. The quantitative estimate of drug-likeness (QED) is 0.839. The molecule has 1 heterocycles. The highest BCUT2D eigenvalue weighted by Gasteiger charge is 2.33. The number of benzene rings is 1. The molecule has 1 saturated carbocycles. The minimum Gasteiger partial charge on any atom is -0.391 e. The van der Waals surface area contributed by atoms with Crippen molar-refractivity contribution in [1.29, 1.82) is 0 Å². The molecule has 1 aromatic carbocycles. The lowest BCUT2D eigenvalue weighted by molar-refractivity contribution is 0.112. The molecule has 0 spiro atoms. The van der Waals surface area contributed by atoms with Gasteiger partial charge in [0.2, 0.25) is 0 Å². The number of nitrogens with zero attached hydrogens (tertiary/aromatic N) is 2. The van der Waals surface area contributed by atoms with Crippen molar-refractivity contribution in [3.05, 3.63) is 35.9 Å². The lowest BCUT2D eigenvalue weighted by Gasteiger charge is -2.24. The smallest absolute Gasteiger partial charge is 0.317 e. The van der Waals surface area contributed by atoms with Gasteiger partial charge in [-0.05, 0) is 37.7 Å². The summed E-state index contributed by atoms with van der Waals surface area (Å²) in [6.45, 7) is 4.44. The van der Waals surface area contributed by atoms with Crippen LogP contribution in [0.2, 0.25) is 0 Å². The van der Waals surface area contributed by atoms with Crippen LogP contribution in [0.3, 0.4) is 0 Å². The normalized spacial score (nSPS) is 25.5. The average Bonchev–Trinajstić information content (AvgIpc) is 3.35. The SMILES string of the molecule is CC1CC(NC(=O)N(C)CC(O)C2CC2)CN1Cc1ccccc1. The molecule has 3 atom stereocenters. The van der Waals surface area contributed by atoms with Crippen LogP contribution in [0, 0.1) is 5.92 Å². The Hall–Kier alpha value is -1.59. The van der Waals surface area contributed by atoms with Gasteiger partial charge in [0, 0.05) is 38.8 Å². The standard InChI is InChI=1S/C19H29N3O2/c1-14-10-17(12-22(14)11-15-6-4-3-5-7-15)20-19(24)21(2)13-18(23)16-8-9-16/h3-7,14,16-18,23H,8-13H2,1-2H3,(H,20,24). The van der Waals surface area contributed by atoms with Crippen molar-refractivity contribution in [1.82, 2.24) is 15.1 Å². The molecule has 0 aromatic heterocycles. The topological polar surface area (TPSA) is 55.8 Å². The van der Waals surface area contributed by atoms with Crippen LogP contribution in [0.25, 0.3) is 0 Å². The first-order chi connectivity index (χ1) is 11.5. The van der Waals surface area contributed by atoms with Gasteiger partial charge in [-0.15, -0.1) is 0 Å².